The molecule has 27 heavy (non-hydrogen) atoms. The summed E-state index contributed by atoms with van der Waals surface area (Å²) in [5.41, 5.74) is 2.88. The van der Waals surface area contributed by atoms with Gasteiger partial charge in [0.25, 0.3) is 5.91 Å². The molecule has 0 saturated carbocycles. The number of aromatic nitrogens is 4. The first-order valence-electron chi connectivity index (χ1n) is 8.32. The largest absolute Gasteiger partial charge is 0.389 e. The summed E-state index contributed by atoms with van der Waals surface area (Å²) in [6.07, 6.45) is -0.422. The number of carbonyl (C=O) groups excluding carboxylic acids is 1. The minimum Gasteiger partial charge on any atom is -0.354 e. The number of alkyl halides is 3. The topological polar surface area (TPSA) is 72.7 Å². The van der Waals surface area contributed by atoms with Gasteiger partial charge in [-0.3, -0.25) is 19.4 Å². The molecule has 0 atom stereocenters. The SMILES string of the molecule is CNC(=O)c1nccc2nn(Cc3cnc(CCC(F)(F)F)c(C)c3)cc12. The van der Waals surface area contributed by atoms with Gasteiger partial charge in [-0.25, -0.2) is 0 Å². The first kappa shape index (κ1) is 18.8. The Bertz CT molecular complexity index is 981. The highest BCUT2D eigenvalue weighted by Crippen LogP contribution is 2.23. The summed E-state index contributed by atoms with van der Waals surface area (Å²) in [6, 6.07) is 3.52. The number of hydrogen-bond donors (Lipinski definition) is 1. The molecule has 0 spiro atoms. The molecule has 1 amide bonds. The van der Waals surface area contributed by atoms with E-state index < -0.39 is 12.6 Å². The van der Waals surface area contributed by atoms with Crippen LogP contribution >= 0.6 is 0 Å². The average molecular weight is 377 g/mol. The monoisotopic (exact) mass is 377 g/mol. The van der Waals surface area contributed by atoms with Gasteiger partial charge in [-0.1, -0.05) is 6.07 Å². The van der Waals surface area contributed by atoms with Crippen molar-refractivity contribution in [2.75, 3.05) is 7.05 Å². The maximum Gasteiger partial charge on any atom is 0.389 e. The number of hydrogen-bond acceptors (Lipinski definition) is 4. The van der Waals surface area contributed by atoms with Crippen LogP contribution in [0.15, 0.2) is 30.7 Å². The van der Waals surface area contributed by atoms with E-state index in [0.29, 0.717) is 28.7 Å². The zero-order chi connectivity index (χ0) is 19.6. The Morgan fingerprint density at radius 3 is 2.74 bits per heavy atom. The summed E-state index contributed by atoms with van der Waals surface area (Å²) in [5, 5.41) is 7.59. The zero-order valence-electron chi connectivity index (χ0n) is 14.8. The van der Waals surface area contributed by atoms with Crippen LogP contribution in [0.1, 0.15) is 33.7 Å². The lowest BCUT2D eigenvalue weighted by molar-refractivity contribution is -0.134. The molecule has 0 saturated heterocycles. The van der Waals surface area contributed by atoms with Crippen molar-refractivity contribution >= 4 is 16.8 Å². The molecule has 1 N–H and O–H groups in total. The van der Waals surface area contributed by atoms with Gasteiger partial charge in [0.2, 0.25) is 0 Å². The van der Waals surface area contributed by atoms with Crippen LogP contribution in [0, 0.1) is 6.92 Å². The van der Waals surface area contributed by atoms with Gasteiger partial charge in [0, 0.05) is 37.8 Å². The Balaban J connectivity index is 1.81. The maximum atomic E-state index is 12.4. The Hall–Kier alpha value is -2.97. The number of aryl methyl sites for hydroxylation is 2. The lowest BCUT2D eigenvalue weighted by atomic mass is 10.1. The minimum absolute atomic E-state index is 0.136. The van der Waals surface area contributed by atoms with E-state index >= 15 is 0 Å². The van der Waals surface area contributed by atoms with Crippen molar-refractivity contribution in [2.24, 2.45) is 0 Å². The molecule has 0 unspecified atom stereocenters. The van der Waals surface area contributed by atoms with Crippen molar-refractivity contribution in [1.82, 2.24) is 25.1 Å². The maximum absolute atomic E-state index is 12.4. The molecule has 3 heterocycles. The van der Waals surface area contributed by atoms with Crippen LogP contribution in [-0.2, 0) is 13.0 Å². The van der Waals surface area contributed by atoms with Crippen molar-refractivity contribution in [3.63, 3.8) is 0 Å². The van der Waals surface area contributed by atoms with E-state index in [1.54, 1.807) is 30.1 Å². The van der Waals surface area contributed by atoms with Gasteiger partial charge in [0.15, 0.2) is 0 Å². The lowest BCUT2D eigenvalue weighted by Crippen LogP contribution is -2.19. The van der Waals surface area contributed by atoms with Crippen molar-refractivity contribution in [3.05, 3.63) is 53.2 Å². The Morgan fingerprint density at radius 2 is 2.07 bits per heavy atom. The molecule has 3 aromatic heterocycles. The van der Waals surface area contributed by atoms with Crippen LogP contribution in [0.2, 0.25) is 0 Å². The molecule has 9 heteroatoms. The number of fused-ring (bicyclic) bond motifs is 1. The second-order valence-corrected chi connectivity index (χ2v) is 6.22. The van der Waals surface area contributed by atoms with E-state index in [-0.39, 0.29) is 18.0 Å². The van der Waals surface area contributed by atoms with Crippen LogP contribution in [0.5, 0.6) is 0 Å². The number of rotatable bonds is 5. The number of halogens is 3. The molecule has 142 valence electrons. The molecule has 0 fully saturated rings. The average Bonchev–Trinajstić information content (AvgIpc) is 3.01. The van der Waals surface area contributed by atoms with Gasteiger partial charge in [-0.15, -0.1) is 0 Å². The number of carbonyl (C=O) groups is 1. The van der Waals surface area contributed by atoms with E-state index in [2.05, 4.69) is 20.4 Å². The molecule has 0 radical (unpaired) electrons. The van der Waals surface area contributed by atoms with E-state index in [9.17, 15) is 18.0 Å². The summed E-state index contributed by atoms with van der Waals surface area (Å²) in [5.74, 6) is -0.299. The van der Waals surface area contributed by atoms with Crippen LogP contribution in [-0.4, -0.2) is 38.9 Å². The Morgan fingerprint density at radius 1 is 1.30 bits per heavy atom. The molecular formula is C18H18F3N5O. The molecule has 6 nitrogen and oxygen atoms in total. The minimum atomic E-state index is -4.20. The summed E-state index contributed by atoms with van der Waals surface area (Å²) in [7, 11) is 1.53. The number of pyridine rings is 2. The van der Waals surface area contributed by atoms with E-state index in [1.807, 2.05) is 6.07 Å². The zero-order valence-corrected chi connectivity index (χ0v) is 14.8. The highest BCUT2D eigenvalue weighted by molar-refractivity contribution is 6.03. The number of nitrogens with one attached hydrogen (secondary N) is 1. The van der Waals surface area contributed by atoms with Crippen LogP contribution in [0.4, 0.5) is 13.2 Å². The summed E-state index contributed by atoms with van der Waals surface area (Å²) in [6.45, 7) is 2.13. The van der Waals surface area contributed by atoms with Gasteiger partial charge in [-0.05, 0) is 30.5 Å². The quantitative estimate of drug-likeness (QED) is 0.742. The number of nitrogens with zero attached hydrogens (tertiary/aromatic N) is 4. The molecule has 0 bridgehead atoms. The molecule has 0 aliphatic carbocycles. The first-order valence-corrected chi connectivity index (χ1v) is 8.32. The third-order valence-electron chi connectivity index (χ3n) is 4.16. The fourth-order valence-electron chi connectivity index (χ4n) is 2.83. The smallest absolute Gasteiger partial charge is 0.354 e. The molecule has 3 aromatic rings. The molecule has 3 rings (SSSR count). The van der Waals surface area contributed by atoms with Crippen molar-refractivity contribution < 1.29 is 18.0 Å². The predicted molar refractivity (Wildman–Crippen MR) is 93.4 cm³/mol. The van der Waals surface area contributed by atoms with Crippen LogP contribution < -0.4 is 5.32 Å². The third-order valence-corrected chi connectivity index (χ3v) is 4.16. The lowest BCUT2D eigenvalue weighted by Gasteiger charge is -2.09. The van der Waals surface area contributed by atoms with Crippen molar-refractivity contribution in [2.45, 2.75) is 32.5 Å². The van der Waals surface area contributed by atoms with Crippen LogP contribution in [0.25, 0.3) is 10.9 Å². The van der Waals surface area contributed by atoms with Crippen molar-refractivity contribution in [1.29, 1.82) is 0 Å². The van der Waals surface area contributed by atoms with Crippen LogP contribution in [0.3, 0.4) is 0 Å². The second kappa shape index (κ2) is 7.34. The van der Waals surface area contributed by atoms with Gasteiger partial charge in [-0.2, -0.15) is 18.3 Å². The first-order chi connectivity index (χ1) is 12.8. The fourth-order valence-corrected chi connectivity index (χ4v) is 2.83. The highest BCUT2D eigenvalue weighted by atomic mass is 19.4. The van der Waals surface area contributed by atoms with Gasteiger partial charge < -0.3 is 5.32 Å². The standard InChI is InChI=1S/C18H18F3N5O/c1-11-7-12(8-24-14(11)3-5-18(19,20)21)9-26-10-13-15(25-26)4-6-23-16(13)17(27)22-2/h4,6-8,10H,3,5,9H2,1-2H3,(H,22,27). The molecular weight excluding hydrogens is 359 g/mol. The summed E-state index contributed by atoms with van der Waals surface area (Å²) >= 11 is 0. The molecule has 0 aliphatic heterocycles. The van der Waals surface area contributed by atoms with E-state index in [1.165, 1.54) is 13.2 Å². The van der Waals surface area contributed by atoms with E-state index in [0.717, 1.165) is 5.56 Å². The van der Waals surface area contributed by atoms with Crippen molar-refractivity contribution in [3.8, 4) is 0 Å². The fraction of sp³-hybridized carbons (Fsp3) is 0.333. The van der Waals surface area contributed by atoms with Gasteiger partial charge in [0.05, 0.1) is 17.4 Å². The highest BCUT2D eigenvalue weighted by Gasteiger charge is 2.27. The third kappa shape index (κ3) is 4.42. The molecule has 0 aliphatic rings. The van der Waals surface area contributed by atoms with Gasteiger partial charge in [0.1, 0.15) is 5.69 Å². The Kier molecular flexibility index (Phi) is 5.11. The van der Waals surface area contributed by atoms with E-state index in [4.69, 9.17) is 0 Å². The molecule has 0 aromatic carbocycles. The normalized spacial score (nSPS) is 11.7. The predicted octanol–water partition coefficient (Wildman–Crippen LogP) is 3.04. The Labute approximate surface area is 153 Å². The summed E-state index contributed by atoms with van der Waals surface area (Å²) in [4.78, 5) is 20.2. The number of amides is 1. The second-order valence-electron chi connectivity index (χ2n) is 6.22. The summed E-state index contributed by atoms with van der Waals surface area (Å²) < 4.78 is 38.8. The van der Waals surface area contributed by atoms with Gasteiger partial charge >= 0.3 is 6.18 Å².